The van der Waals surface area contributed by atoms with E-state index in [1.165, 1.54) is 13.2 Å². The van der Waals surface area contributed by atoms with E-state index in [4.69, 9.17) is 32.7 Å². The maximum Gasteiger partial charge on any atom is 0.257 e. The monoisotopic (exact) mass is 388 g/mol. The Kier molecular flexibility index (Phi) is 6.93. The second-order valence-corrected chi connectivity index (χ2v) is 6.88. The summed E-state index contributed by atoms with van der Waals surface area (Å²) in [6.45, 7) is 5.77. The molecule has 138 valence electrons. The Morgan fingerprint density at radius 2 is 1.80 bits per heavy atom. The van der Waals surface area contributed by atoms with Gasteiger partial charge < -0.3 is 19.7 Å². The molecule has 0 bridgehead atoms. The molecule has 0 saturated carbocycles. The van der Waals surface area contributed by atoms with E-state index < -0.39 is 11.9 Å². The molecule has 1 saturated heterocycles. The van der Waals surface area contributed by atoms with Crippen LogP contribution >= 0.6 is 23.2 Å². The number of halogens is 2. The third-order valence-corrected chi connectivity index (χ3v) is 4.64. The van der Waals surface area contributed by atoms with Crippen molar-refractivity contribution in [2.75, 3.05) is 33.4 Å². The summed E-state index contributed by atoms with van der Waals surface area (Å²) in [5.74, 6) is -0.537. The standard InChI is InChI=1S/C17H22Cl2N2O4/c1-10(2)14(17(23)21-6-8-25-9-7-21)20-16(22)13-11(18)4-5-12(19)15(13)24-3/h4-5,10,14H,6-9H2,1-3H3,(H,20,22)/t14-/m1/s1. The molecule has 0 aliphatic carbocycles. The molecule has 1 aliphatic rings. The van der Waals surface area contributed by atoms with Gasteiger partial charge in [0.05, 0.1) is 30.4 Å². The first-order chi connectivity index (χ1) is 11.9. The summed E-state index contributed by atoms with van der Waals surface area (Å²) in [7, 11) is 1.41. The van der Waals surface area contributed by atoms with Crippen molar-refractivity contribution in [1.82, 2.24) is 10.2 Å². The second kappa shape index (κ2) is 8.74. The molecular weight excluding hydrogens is 367 g/mol. The van der Waals surface area contributed by atoms with Crippen molar-refractivity contribution in [2.24, 2.45) is 5.92 Å². The van der Waals surface area contributed by atoms with Crippen LogP contribution in [0.3, 0.4) is 0 Å². The van der Waals surface area contributed by atoms with E-state index in [2.05, 4.69) is 5.32 Å². The average Bonchev–Trinajstić information content (AvgIpc) is 2.61. The summed E-state index contributed by atoms with van der Waals surface area (Å²) in [4.78, 5) is 27.2. The number of carbonyl (C=O) groups is 2. The summed E-state index contributed by atoms with van der Waals surface area (Å²) in [5.41, 5.74) is 0.122. The zero-order valence-corrected chi connectivity index (χ0v) is 16.0. The summed E-state index contributed by atoms with van der Waals surface area (Å²) < 4.78 is 10.5. The first-order valence-corrected chi connectivity index (χ1v) is 8.81. The number of morpholine rings is 1. The van der Waals surface area contributed by atoms with Crippen molar-refractivity contribution in [3.63, 3.8) is 0 Å². The van der Waals surface area contributed by atoms with Gasteiger partial charge >= 0.3 is 0 Å². The summed E-state index contributed by atoms with van der Waals surface area (Å²) in [6.07, 6.45) is 0. The van der Waals surface area contributed by atoms with Gasteiger partial charge in [-0.3, -0.25) is 9.59 Å². The lowest BCUT2D eigenvalue weighted by Crippen LogP contribution is -2.53. The van der Waals surface area contributed by atoms with Crippen molar-refractivity contribution in [1.29, 1.82) is 0 Å². The molecule has 0 unspecified atom stereocenters. The number of ether oxygens (including phenoxy) is 2. The smallest absolute Gasteiger partial charge is 0.257 e. The minimum atomic E-state index is -0.676. The third-order valence-electron chi connectivity index (χ3n) is 4.03. The fourth-order valence-corrected chi connectivity index (χ4v) is 3.12. The molecule has 1 aliphatic heterocycles. The van der Waals surface area contributed by atoms with Crippen LogP contribution in [-0.4, -0.2) is 56.2 Å². The number of carbonyl (C=O) groups excluding carboxylic acids is 2. The van der Waals surface area contributed by atoms with Gasteiger partial charge in [-0.25, -0.2) is 0 Å². The maximum atomic E-state index is 12.8. The normalized spacial score (nSPS) is 15.8. The summed E-state index contributed by atoms with van der Waals surface area (Å²) in [5, 5.41) is 3.26. The fraction of sp³-hybridized carbons (Fsp3) is 0.529. The van der Waals surface area contributed by atoms with Crippen molar-refractivity contribution in [3.8, 4) is 5.75 Å². The quantitative estimate of drug-likeness (QED) is 0.841. The largest absolute Gasteiger partial charge is 0.494 e. The van der Waals surface area contributed by atoms with Gasteiger partial charge in [0.25, 0.3) is 5.91 Å². The highest BCUT2D eigenvalue weighted by molar-refractivity contribution is 6.37. The van der Waals surface area contributed by atoms with Crippen LogP contribution in [0.5, 0.6) is 5.75 Å². The van der Waals surface area contributed by atoms with Gasteiger partial charge in [-0.2, -0.15) is 0 Å². The maximum absolute atomic E-state index is 12.8. The predicted molar refractivity (Wildman–Crippen MR) is 96.5 cm³/mol. The lowest BCUT2D eigenvalue weighted by atomic mass is 10.0. The van der Waals surface area contributed by atoms with Crippen molar-refractivity contribution in [3.05, 3.63) is 27.7 Å². The minimum Gasteiger partial charge on any atom is -0.494 e. The first-order valence-electron chi connectivity index (χ1n) is 8.06. The van der Waals surface area contributed by atoms with Crippen molar-refractivity contribution in [2.45, 2.75) is 19.9 Å². The number of nitrogens with one attached hydrogen (secondary N) is 1. The lowest BCUT2D eigenvalue weighted by molar-refractivity contribution is -0.138. The lowest BCUT2D eigenvalue weighted by Gasteiger charge is -2.32. The van der Waals surface area contributed by atoms with E-state index in [9.17, 15) is 9.59 Å². The van der Waals surface area contributed by atoms with Crippen LogP contribution in [0.15, 0.2) is 12.1 Å². The predicted octanol–water partition coefficient (Wildman–Crippen LogP) is 2.62. The molecule has 8 heteroatoms. The molecule has 2 amide bonds. The Labute approximate surface area is 157 Å². The molecule has 1 atom stereocenters. The molecule has 0 spiro atoms. The highest BCUT2D eigenvalue weighted by Gasteiger charge is 2.31. The molecule has 6 nitrogen and oxygen atoms in total. The number of methoxy groups -OCH3 is 1. The Balaban J connectivity index is 2.24. The van der Waals surface area contributed by atoms with Crippen LogP contribution in [0.2, 0.25) is 10.0 Å². The van der Waals surface area contributed by atoms with Crippen LogP contribution in [0, 0.1) is 5.92 Å². The molecule has 1 fully saturated rings. The van der Waals surface area contributed by atoms with E-state index in [1.54, 1.807) is 11.0 Å². The van der Waals surface area contributed by atoms with Crippen LogP contribution in [0.1, 0.15) is 24.2 Å². The van der Waals surface area contributed by atoms with E-state index in [0.717, 1.165) is 0 Å². The van der Waals surface area contributed by atoms with Crippen LogP contribution in [-0.2, 0) is 9.53 Å². The molecule has 1 heterocycles. The highest BCUT2D eigenvalue weighted by atomic mass is 35.5. The Morgan fingerprint density at radius 1 is 1.20 bits per heavy atom. The number of hydrogen-bond acceptors (Lipinski definition) is 4. The first kappa shape index (κ1) is 19.8. The van der Waals surface area contributed by atoms with E-state index in [-0.39, 0.29) is 33.2 Å². The summed E-state index contributed by atoms with van der Waals surface area (Å²) >= 11 is 12.2. The van der Waals surface area contributed by atoms with Gasteiger partial charge in [-0.05, 0) is 18.1 Å². The minimum absolute atomic E-state index is 0.0942. The molecule has 0 radical (unpaired) electrons. The van der Waals surface area contributed by atoms with Gasteiger partial charge in [0.2, 0.25) is 5.91 Å². The Bertz CT molecular complexity index is 646. The zero-order valence-electron chi connectivity index (χ0n) is 14.5. The van der Waals surface area contributed by atoms with Gasteiger partial charge in [0, 0.05) is 13.1 Å². The number of nitrogens with zero attached hydrogens (tertiary/aromatic N) is 1. The topological polar surface area (TPSA) is 67.9 Å². The highest BCUT2D eigenvalue weighted by Crippen LogP contribution is 2.33. The fourth-order valence-electron chi connectivity index (χ4n) is 2.65. The average molecular weight is 389 g/mol. The molecule has 1 aromatic carbocycles. The van der Waals surface area contributed by atoms with Crippen molar-refractivity contribution >= 4 is 35.0 Å². The molecule has 1 aromatic rings. The molecular formula is C17H22Cl2N2O4. The van der Waals surface area contributed by atoms with E-state index >= 15 is 0 Å². The molecule has 25 heavy (non-hydrogen) atoms. The SMILES string of the molecule is COc1c(Cl)ccc(Cl)c1C(=O)N[C@@H](C(=O)N1CCOCC1)C(C)C. The van der Waals surface area contributed by atoms with Crippen molar-refractivity contribution < 1.29 is 19.1 Å². The summed E-state index contributed by atoms with van der Waals surface area (Å²) in [6, 6.07) is 2.40. The van der Waals surface area contributed by atoms with Crippen LogP contribution in [0.25, 0.3) is 0 Å². The number of rotatable bonds is 5. The number of hydrogen-bond donors (Lipinski definition) is 1. The van der Waals surface area contributed by atoms with E-state index in [1.807, 2.05) is 13.8 Å². The third kappa shape index (κ3) is 4.57. The Morgan fingerprint density at radius 3 is 2.36 bits per heavy atom. The van der Waals surface area contributed by atoms with Gasteiger partial charge in [0.15, 0.2) is 5.75 Å². The number of amides is 2. The van der Waals surface area contributed by atoms with Crippen LogP contribution < -0.4 is 10.1 Å². The molecule has 1 N–H and O–H groups in total. The van der Waals surface area contributed by atoms with Gasteiger partial charge in [-0.1, -0.05) is 37.0 Å². The number of benzene rings is 1. The molecule has 0 aromatic heterocycles. The zero-order chi connectivity index (χ0) is 18.6. The van der Waals surface area contributed by atoms with E-state index in [0.29, 0.717) is 26.3 Å². The van der Waals surface area contributed by atoms with Gasteiger partial charge in [0.1, 0.15) is 11.6 Å². The Hall–Kier alpha value is -1.50. The molecule has 2 rings (SSSR count). The second-order valence-electron chi connectivity index (χ2n) is 6.07. The van der Waals surface area contributed by atoms with Crippen LogP contribution in [0.4, 0.5) is 0 Å². The van der Waals surface area contributed by atoms with Gasteiger partial charge in [-0.15, -0.1) is 0 Å².